The van der Waals surface area contributed by atoms with E-state index in [1.165, 1.54) is 27.1 Å². The van der Waals surface area contributed by atoms with Gasteiger partial charge in [0.1, 0.15) is 24.7 Å². The largest absolute Gasteiger partial charge is 0.490 e. The number of carbonyl (C=O) groups excluding carboxylic acids is 2. The van der Waals surface area contributed by atoms with Gasteiger partial charge < -0.3 is 33.2 Å². The van der Waals surface area contributed by atoms with E-state index in [9.17, 15) is 9.59 Å². The van der Waals surface area contributed by atoms with Gasteiger partial charge in [0, 0.05) is 20.1 Å². The van der Waals surface area contributed by atoms with Gasteiger partial charge in [0.15, 0.2) is 6.29 Å². The van der Waals surface area contributed by atoms with Crippen LogP contribution in [0, 0.1) is 5.92 Å². The van der Waals surface area contributed by atoms with Gasteiger partial charge in [0.25, 0.3) is 0 Å². The Hall–Kier alpha value is -3.50. The number of methoxy groups -OCH3 is 2. The van der Waals surface area contributed by atoms with Crippen LogP contribution in [0.15, 0.2) is 66.8 Å². The maximum Gasteiger partial charge on any atom is 0.341 e. The maximum absolute atomic E-state index is 12.1. The van der Waals surface area contributed by atoms with Crippen molar-refractivity contribution >= 4 is 11.9 Å². The summed E-state index contributed by atoms with van der Waals surface area (Å²) in [7, 11) is 2.98. The van der Waals surface area contributed by atoms with Crippen molar-refractivity contribution in [3.05, 3.63) is 72.3 Å². The molecule has 2 aromatic rings. The van der Waals surface area contributed by atoms with Gasteiger partial charge in [-0.05, 0) is 41.8 Å². The number of unbranched alkanes of at least 4 members (excludes halogenated alkanes) is 2. The molecule has 9 nitrogen and oxygen atoms in total. The number of benzene rings is 2. The SMILES string of the molecule is C=C(COC)C(=O)OCCOc1ccc(-c2ccc(OC(=O)C(=C)COC)cc2)cc1C1OCC(CCCCC)CO1. The van der Waals surface area contributed by atoms with Gasteiger partial charge in [-0.15, -0.1) is 0 Å². The van der Waals surface area contributed by atoms with Crippen LogP contribution in [0.3, 0.4) is 0 Å². The Bertz CT molecular complexity index is 1180. The second-order valence-electron chi connectivity index (χ2n) is 10.1. The third kappa shape index (κ3) is 10.1. The zero-order valence-electron chi connectivity index (χ0n) is 24.9. The highest BCUT2D eigenvalue weighted by Crippen LogP contribution is 2.36. The van der Waals surface area contributed by atoms with Crippen LogP contribution >= 0.6 is 0 Å². The van der Waals surface area contributed by atoms with Crippen LogP contribution in [0.4, 0.5) is 0 Å². The number of hydrogen-bond acceptors (Lipinski definition) is 9. The molecule has 0 N–H and O–H groups in total. The molecule has 0 atom stereocenters. The molecule has 0 spiro atoms. The molecule has 0 aliphatic carbocycles. The van der Waals surface area contributed by atoms with E-state index >= 15 is 0 Å². The van der Waals surface area contributed by atoms with Crippen molar-refractivity contribution < 1.29 is 42.7 Å². The number of carbonyl (C=O) groups is 2. The normalized spacial score (nSPS) is 16.5. The van der Waals surface area contributed by atoms with Crippen molar-refractivity contribution in [3.8, 4) is 22.6 Å². The average Bonchev–Trinajstić information content (AvgIpc) is 3.00. The van der Waals surface area contributed by atoms with E-state index in [0.717, 1.165) is 29.5 Å². The van der Waals surface area contributed by atoms with Crippen LogP contribution in [0.2, 0.25) is 0 Å². The van der Waals surface area contributed by atoms with Gasteiger partial charge in [-0.1, -0.05) is 57.5 Å². The van der Waals surface area contributed by atoms with Gasteiger partial charge in [-0.25, -0.2) is 9.59 Å². The molecule has 9 heteroatoms. The van der Waals surface area contributed by atoms with E-state index in [1.54, 1.807) is 12.1 Å². The van der Waals surface area contributed by atoms with Gasteiger partial charge in [0.05, 0.1) is 43.1 Å². The Morgan fingerprint density at radius 1 is 0.857 bits per heavy atom. The molecule has 3 rings (SSSR count). The predicted molar refractivity (Wildman–Crippen MR) is 158 cm³/mol. The summed E-state index contributed by atoms with van der Waals surface area (Å²) in [4.78, 5) is 24.1. The smallest absolute Gasteiger partial charge is 0.341 e. The van der Waals surface area contributed by atoms with Gasteiger partial charge in [-0.3, -0.25) is 0 Å². The van der Waals surface area contributed by atoms with Crippen LogP contribution in [0.5, 0.6) is 11.5 Å². The lowest BCUT2D eigenvalue weighted by molar-refractivity contribution is -0.206. The highest BCUT2D eigenvalue weighted by molar-refractivity contribution is 5.89. The Kier molecular flexibility index (Phi) is 13.7. The van der Waals surface area contributed by atoms with Crippen molar-refractivity contribution in [2.75, 3.05) is 53.9 Å². The first-order valence-electron chi connectivity index (χ1n) is 14.2. The second kappa shape index (κ2) is 17.5. The molecule has 42 heavy (non-hydrogen) atoms. The Labute approximate surface area is 248 Å². The summed E-state index contributed by atoms with van der Waals surface area (Å²) in [5.41, 5.74) is 3.01. The van der Waals surface area contributed by atoms with Gasteiger partial charge >= 0.3 is 11.9 Å². The predicted octanol–water partition coefficient (Wildman–Crippen LogP) is 5.83. The minimum Gasteiger partial charge on any atom is -0.490 e. The third-order valence-electron chi connectivity index (χ3n) is 6.63. The van der Waals surface area contributed by atoms with E-state index in [-0.39, 0.29) is 37.6 Å². The molecule has 0 radical (unpaired) electrons. The van der Waals surface area contributed by atoms with Crippen molar-refractivity contribution in [3.63, 3.8) is 0 Å². The van der Waals surface area contributed by atoms with Gasteiger partial charge in [-0.2, -0.15) is 0 Å². The van der Waals surface area contributed by atoms with E-state index in [4.69, 9.17) is 33.2 Å². The first-order valence-corrected chi connectivity index (χ1v) is 14.2. The number of esters is 2. The zero-order valence-corrected chi connectivity index (χ0v) is 24.9. The van der Waals surface area contributed by atoms with Crippen LogP contribution < -0.4 is 9.47 Å². The summed E-state index contributed by atoms with van der Waals surface area (Å²) in [6.45, 7) is 11.1. The van der Waals surface area contributed by atoms with Crippen LogP contribution in [0.25, 0.3) is 11.1 Å². The first-order chi connectivity index (χ1) is 20.4. The van der Waals surface area contributed by atoms with Crippen molar-refractivity contribution in [1.82, 2.24) is 0 Å². The Morgan fingerprint density at radius 3 is 2.14 bits per heavy atom. The highest BCUT2D eigenvalue weighted by Gasteiger charge is 2.26. The molecule has 1 heterocycles. The van der Waals surface area contributed by atoms with Crippen molar-refractivity contribution in [2.24, 2.45) is 5.92 Å². The number of hydrogen-bond donors (Lipinski definition) is 0. The van der Waals surface area contributed by atoms with Crippen molar-refractivity contribution in [1.29, 1.82) is 0 Å². The minimum atomic E-state index is -0.599. The monoisotopic (exact) mass is 582 g/mol. The molecule has 1 saturated heterocycles. The minimum absolute atomic E-state index is 0.0473. The van der Waals surface area contributed by atoms with Crippen LogP contribution in [-0.4, -0.2) is 65.8 Å². The lowest BCUT2D eigenvalue weighted by atomic mass is 10.00. The molecule has 1 fully saturated rings. The molecular formula is C33H42O9. The summed E-state index contributed by atoms with van der Waals surface area (Å²) in [6, 6.07) is 12.9. The molecule has 0 unspecified atom stereocenters. The van der Waals surface area contributed by atoms with E-state index in [0.29, 0.717) is 30.6 Å². The average molecular weight is 583 g/mol. The Balaban J connectivity index is 1.72. The molecule has 2 aromatic carbocycles. The standard InChI is InChI=1S/C33H42O9/c1-6-7-8-9-25-21-40-33(41-22-25)29-18-27(12-15-30(29)38-16-17-39-31(34)23(2)19-36-4)26-10-13-28(14-11-26)42-32(35)24(3)20-37-5/h10-15,18,25,33H,2-3,6-9,16-17,19-22H2,1,4-5H3. The van der Waals surface area contributed by atoms with E-state index < -0.39 is 18.2 Å². The fraction of sp³-hybridized carbons (Fsp3) is 0.455. The lowest BCUT2D eigenvalue weighted by Gasteiger charge is -2.30. The maximum atomic E-state index is 12.1. The fourth-order valence-corrected chi connectivity index (χ4v) is 4.37. The zero-order chi connectivity index (χ0) is 30.3. The molecular weight excluding hydrogens is 540 g/mol. The molecule has 228 valence electrons. The summed E-state index contributed by atoms with van der Waals surface area (Å²) >= 11 is 0. The molecule has 1 aliphatic rings. The van der Waals surface area contributed by atoms with Crippen LogP contribution in [-0.2, 0) is 33.3 Å². The van der Waals surface area contributed by atoms with Gasteiger partial charge in [0.2, 0.25) is 0 Å². The lowest BCUT2D eigenvalue weighted by Crippen LogP contribution is -2.27. The topological polar surface area (TPSA) is 98.8 Å². The molecule has 0 bridgehead atoms. The number of ether oxygens (including phenoxy) is 7. The quantitative estimate of drug-likeness (QED) is 0.0988. The fourth-order valence-electron chi connectivity index (χ4n) is 4.37. The highest BCUT2D eigenvalue weighted by atomic mass is 16.7. The van der Waals surface area contributed by atoms with Crippen LogP contribution in [0.1, 0.15) is 44.5 Å². The summed E-state index contributed by atoms with van der Waals surface area (Å²) in [5, 5.41) is 0. The first kappa shape index (κ1) is 33.0. The summed E-state index contributed by atoms with van der Waals surface area (Å²) < 4.78 is 38.8. The Morgan fingerprint density at radius 2 is 1.50 bits per heavy atom. The summed E-state index contributed by atoms with van der Waals surface area (Å²) in [5.74, 6) is 0.261. The van der Waals surface area contributed by atoms with E-state index in [1.807, 2.05) is 30.3 Å². The third-order valence-corrected chi connectivity index (χ3v) is 6.63. The van der Waals surface area contributed by atoms with E-state index in [2.05, 4.69) is 20.1 Å². The molecule has 0 aromatic heterocycles. The second-order valence-corrected chi connectivity index (χ2v) is 10.1. The van der Waals surface area contributed by atoms with Crippen molar-refractivity contribution in [2.45, 2.75) is 38.9 Å². The molecule has 0 saturated carbocycles. The summed E-state index contributed by atoms with van der Waals surface area (Å²) in [6.07, 6.45) is 4.00. The number of rotatable bonds is 17. The molecule has 0 amide bonds. The molecule has 1 aliphatic heterocycles.